The largest absolute Gasteiger partial charge is 0.365 e. The molecule has 1 aliphatic heterocycles. The molecule has 1 aliphatic rings. The monoisotopic (exact) mass is 291 g/mol. The van der Waals surface area contributed by atoms with E-state index in [1.807, 2.05) is 0 Å². The second-order valence-corrected chi connectivity index (χ2v) is 6.04. The number of aromatic nitrogens is 1. The van der Waals surface area contributed by atoms with Gasteiger partial charge in [-0.25, -0.2) is 0 Å². The van der Waals surface area contributed by atoms with Gasteiger partial charge in [-0.1, -0.05) is 30.3 Å². The van der Waals surface area contributed by atoms with Crippen LogP contribution in [0.2, 0.25) is 0 Å². The molecule has 3 aromatic rings. The van der Waals surface area contributed by atoms with E-state index < -0.39 is 0 Å². The normalized spacial score (nSPS) is 14.4. The summed E-state index contributed by atoms with van der Waals surface area (Å²) >= 11 is 0. The third kappa shape index (κ3) is 2.01. The average molecular weight is 291 g/mol. The summed E-state index contributed by atoms with van der Waals surface area (Å²) in [5.41, 5.74) is 12.5. The molecule has 0 fully saturated rings. The van der Waals surface area contributed by atoms with Crippen LogP contribution in [-0.2, 0) is 26.6 Å². The standard InChI is InChI=1S/C19H21N3/c1-21-18-5-3-2-4-16(18)17-10-11-22(13-19(17)21)15-8-6-14(12-20)7-9-15/h2-9H,10-13,20H2,1H3. The zero-order chi connectivity index (χ0) is 15.1. The van der Waals surface area contributed by atoms with E-state index in [4.69, 9.17) is 5.73 Å². The highest BCUT2D eigenvalue weighted by atomic mass is 15.2. The van der Waals surface area contributed by atoms with Gasteiger partial charge in [-0.2, -0.15) is 0 Å². The van der Waals surface area contributed by atoms with Gasteiger partial charge in [-0.15, -0.1) is 0 Å². The van der Waals surface area contributed by atoms with E-state index in [9.17, 15) is 0 Å². The number of aryl methyl sites for hydroxylation is 1. The average Bonchev–Trinajstić information content (AvgIpc) is 2.88. The molecule has 0 unspecified atom stereocenters. The lowest BCUT2D eigenvalue weighted by Crippen LogP contribution is -2.31. The van der Waals surface area contributed by atoms with E-state index in [2.05, 4.69) is 65.0 Å². The molecule has 0 saturated heterocycles. The van der Waals surface area contributed by atoms with Crippen LogP contribution >= 0.6 is 0 Å². The van der Waals surface area contributed by atoms with Crippen molar-refractivity contribution in [1.82, 2.24) is 4.57 Å². The van der Waals surface area contributed by atoms with Crippen LogP contribution in [0, 0.1) is 0 Å². The van der Waals surface area contributed by atoms with Crippen LogP contribution in [0.1, 0.15) is 16.8 Å². The van der Waals surface area contributed by atoms with Gasteiger partial charge in [0.2, 0.25) is 0 Å². The van der Waals surface area contributed by atoms with Gasteiger partial charge in [-0.3, -0.25) is 0 Å². The van der Waals surface area contributed by atoms with Gasteiger partial charge in [0, 0.05) is 42.4 Å². The van der Waals surface area contributed by atoms with Crippen LogP contribution < -0.4 is 10.6 Å². The molecule has 3 heteroatoms. The highest BCUT2D eigenvalue weighted by Gasteiger charge is 2.22. The maximum atomic E-state index is 5.69. The van der Waals surface area contributed by atoms with Crippen LogP contribution in [-0.4, -0.2) is 11.1 Å². The Bertz CT molecular complexity index is 815. The smallest absolute Gasteiger partial charge is 0.0585 e. The SMILES string of the molecule is Cn1c2c(c3ccccc31)CCN(c1ccc(CN)cc1)C2. The van der Waals surface area contributed by atoms with Crippen molar-refractivity contribution < 1.29 is 0 Å². The van der Waals surface area contributed by atoms with Gasteiger partial charge < -0.3 is 15.2 Å². The summed E-state index contributed by atoms with van der Waals surface area (Å²) in [6.45, 7) is 2.65. The summed E-state index contributed by atoms with van der Waals surface area (Å²) in [5, 5.41) is 1.41. The molecule has 112 valence electrons. The molecule has 0 atom stereocenters. The molecule has 0 saturated carbocycles. The highest BCUT2D eigenvalue weighted by molar-refractivity contribution is 5.86. The number of benzene rings is 2. The molecule has 4 rings (SSSR count). The van der Waals surface area contributed by atoms with Crippen molar-refractivity contribution in [2.45, 2.75) is 19.5 Å². The van der Waals surface area contributed by atoms with E-state index in [-0.39, 0.29) is 0 Å². The number of rotatable bonds is 2. The number of para-hydroxylation sites is 1. The zero-order valence-electron chi connectivity index (χ0n) is 12.9. The summed E-state index contributed by atoms with van der Waals surface area (Å²) in [5.74, 6) is 0. The Hall–Kier alpha value is -2.26. The molecule has 22 heavy (non-hydrogen) atoms. The molecule has 0 radical (unpaired) electrons. The van der Waals surface area contributed by atoms with Gasteiger partial charge in [0.1, 0.15) is 0 Å². The first-order valence-corrected chi connectivity index (χ1v) is 7.87. The van der Waals surface area contributed by atoms with Gasteiger partial charge in [-0.05, 0) is 35.7 Å². The Kier molecular flexibility index (Phi) is 3.16. The Morgan fingerprint density at radius 2 is 1.82 bits per heavy atom. The highest BCUT2D eigenvalue weighted by Crippen LogP contribution is 2.31. The van der Waals surface area contributed by atoms with E-state index in [1.165, 1.54) is 33.4 Å². The van der Waals surface area contributed by atoms with Gasteiger partial charge >= 0.3 is 0 Å². The fraction of sp³-hybridized carbons (Fsp3) is 0.263. The quantitative estimate of drug-likeness (QED) is 0.787. The van der Waals surface area contributed by atoms with Crippen molar-refractivity contribution in [2.75, 3.05) is 11.4 Å². The molecule has 0 spiro atoms. The first-order valence-electron chi connectivity index (χ1n) is 7.87. The fourth-order valence-corrected chi connectivity index (χ4v) is 3.57. The summed E-state index contributed by atoms with van der Waals surface area (Å²) in [6.07, 6.45) is 1.11. The summed E-state index contributed by atoms with van der Waals surface area (Å²) < 4.78 is 2.35. The van der Waals surface area contributed by atoms with Crippen LogP contribution in [0.4, 0.5) is 5.69 Å². The Morgan fingerprint density at radius 1 is 1.05 bits per heavy atom. The first kappa shape index (κ1) is 13.4. The molecular weight excluding hydrogens is 270 g/mol. The maximum Gasteiger partial charge on any atom is 0.0585 e. The van der Waals surface area contributed by atoms with E-state index in [0.29, 0.717) is 6.54 Å². The Balaban J connectivity index is 1.71. The maximum absolute atomic E-state index is 5.69. The number of nitrogens with zero attached hydrogens (tertiary/aromatic N) is 2. The molecule has 0 amide bonds. The minimum atomic E-state index is 0.605. The van der Waals surface area contributed by atoms with E-state index >= 15 is 0 Å². The number of hydrogen-bond acceptors (Lipinski definition) is 2. The van der Waals surface area contributed by atoms with E-state index in [0.717, 1.165) is 19.5 Å². The van der Waals surface area contributed by atoms with Crippen molar-refractivity contribution >= 4 is 16.6 Å². The summed E-state index contributed by atoms with van der Waals surface area (Å²) in [4.78, 5) is 2.46. The van der Waals surface area contributed by atoms with Crippen LogP contribution in [0.25, 0.3) is 10.9 Å². The zero-order valence-corrected chi connectivity index (χ0v) is 12.9. The third-order valence-electron chi connectivity index (χ3n) is 4.85. The first-order chi connectivity index (χ1) is 10.8. The molecular formula is C19H21N3. The molecule has 2 aromatic carbocycles. The molecule has 3 nitrogen and oxygen atoms in total. The molecule has 2 heterocycles. The van der Waals surface area contributed by atoms with Gasteiger partial charge in [0.25, 0.3) is 0 Å². The minimum Gasteiger partial charge on any atom is -0.365 e. The van der Waals surface area contributed by atoms with Crippen molar-refractivity contribution in [1.29, 1.82) is 0 Å². The van der Waals surface area contributed by atoms with E-state index in [1.54, 1.807) is 0 Å². The van der Waals surface area contributed by atoms with Crippen molar-refractivity contribution in [3.8, 4) is 0 Å². The Morgan fingerprint density at radius 3 is 2.59 bits per heavy atom. The predicted molar refractivity (Wildman–Crippen MR) is 92.0 cm³/mol. The van der Waals surface area contributed by atoms with Crippen LogP contribution in [0.3, 0.4) is 0 Å². The third-order valence-corrected chi connectivity index (χ3v) is 4.85. The number of fused-ring (bicyclic) bond motifs is 3. The number of nitrogens with two attached hydrogens (primary N) is 1. The number of hydrogen-bond donors (Lipinski definition) is 1. The summed E-state index contributed by atoms with van der Waals surface area (Å²) in [7, 11) is 2.18. The van der Waals surface area contributed by atoms with Crippen molar-refractivity contribution in [2.24, 2.45) is 12.8 Å². The topological polar surface area (TPSA) is 34.2 Å². The lowest BCUT2D eigenvalue weighted by Gasteiger charge is -2.30. The summed E-state index contributed by atoms with van der Waals surface area (Å²) in [6, 6.07) is 17.4. The van der Waals surface area contributed by atoms with Gasteiger partial charge in [0.15, 0.2) is 0 Å². The molecule has 0 aliphatic carbocycles. The van der Waals surface area contributed by atoms with Crippen molar-refractivity contribution in [3.63, 3.8) is 0 Å². The second kappa shape index (κ2) is 5.18. The number of anilines is 1. The fourth-order valence-electron chi connectivity index (χ4n) is 3.57. The molecule has 2 N–H and O–H groups in total. The van der Waals surface area contributed by atoms with Crippen LogP contribution in [0.15, 0.2) is 48.5 Å². The van der Waals surface area contributed by atoms with Crippen molar-refractivity contribution in [3.05, 3.63) is 65.4 Å². The molecule has 1 aromatic heterocycles. The predicted octanol–water partition coefficient (Wildman–Crippen LogP) is 3.20. The lowest BCUT2D eigenvalue weighted by molar-refractivity contribution is 0.689. The van der Waals surface area contributed by atoms with Crippen LogP contribution in [0.5, 0.6) is 0 Å². The van der Waals surface area contributed by atoms with Gasteiger partial charge in [0.05, 0.1) is 6.54 Å². The second-order valence-electron chi connectivity index (χ2n) is 6.04. The Labute approximate surface area is 131 Å². The molecule has 0 bridgehead atoms. The lowest BCUT2D eigenvalue weighted by atomic mass is 10.0. The minimum absolute atomic E-state index is 0.605.